The maximum atomic E-state index is 14.0. The summed E-state index contributed by atoms with van der Waals surface area (Å²) in [6, 6.07) is 15.7. The average Bonchev–Trinajstić information content (AvgIpc) is 3.08. The average molecular weight is 432 g/mol. The van der Waals surface area contributed by atoms with Gasteiger partial charge in [-0.05, 0) is 71.8 Å². The molecule has 5 rings (SSSR count). The fourth-order valence-electron chi connectivity index (χ4n) is 3.98. The molecule has 31 heavy (non-hydrogen) atoms. The molecule has 4 aromatic rings. The number of hydrogen-bond donors (Lipinski definition) is 1. The maximum Gasteiger partial charge on any atom is 0.262 e. The van der Waals surface area contributed by atoms with E-state index >= 15 is 0 Å². The summed E-state index contributed by atoms with van der Waals surface area (Å²) >= 11 is 1.44. The summed E-state index contributed by atoms with van der Waals surface area (Å²) in [5.41, 5.74) is 5.08. The van der Waals surface area contributed by atoms with Gasteiger partial charge in [0.25, 0.3) is 5.91 Å². The van der Waals surface area contributed by atoms with Gasteiger partial charge in [0.2, 0.25) is 0 Å². The van der Waals surface area contributed by atoms with Gasteiger partial charge in [-0.2, -0.15) is 0 Å². The van der Waals surface area contributed by atoms with E-state index in [0.29, 0.717) is 5.00 Å². The third-order valence-corrected chi connectivity index (χ3v) is 6.60. The number of carbonyl (C=O) groups excluding carboxylic acids is 1. The Kier molecular flexibility index (Phi) is 5.08. The molecule has 0 unspecified atom stereocenters. The van der Waals surface area contributed by atoms with Crippen LogP contribution in [0.4, 0.5) is 13.8 Å². The largest absolute Gasteiger partial charge is 0.313 e. The monoisotopic (exact) mass is 432 g/mol. The first-order valence-corrected chi connectivity index (χ1v) is 10.8. The lowest BCUT2D eigenvalue weighted by atomic mass is 9.98. The van der Waals surface area contributed by atoms with Crippen molar-refractivity contribution >= 4 is 22.2 Å². The van der Waals surface area contributed by atoms with E-state index in [1.165, 1.54) is 23.0 Å². The van der Waals surface area contributed by atoms with Gasteiger partial charge in [0.05, 0.1) is 5.00 Å². The van der Waals surface area contributed by atoms with Crippen LogP contribution in [0.5, 0.6) is 0 Å². The van der Waals surface area contributed by atoms with Gasteiger partial charge in [-0.3, -0.25) is 9.78 Å². The number of rotatable bonds is 3. The van der Waals surface area contributed by atoms with Crippen molar-refractivity contribution in [3.05, 3.63) is 95.3 Å². The van der Waals surface area contributed by atoms with Gasteiger partial charge < -0.3 is 5.32 Å². The number of benzene rings is 2. The second-order valence-corrected chi connectivity index (χ2v) is 8.54. The van der Waals surface area contributed by atoms with Crippen molar-refractivity contribution in [1.82, 2.24) is 4.98 Å². The van der Waals surface area contributed by atoms with Gasteiger partial charge in [-0.1, -0.05) is 24.3 Å². The molecule has 0 radical (unpaired) electrons. The van der Waals surface area contributed by atoms with Gasteiger partial charge in [0.1, 0.15) is 17.2 Å². The molecule has 0 spiro atoms. The summed E-state index contributed by atoms with van der Waals surface area (Å²) in [7, 11) is 0. The normalized spacial score (nSPS) is 12.6. The Bertz CT molecular complexity index is 1260. The molecule has 1 aliphatic carbocycles. The van der Waals surface area contributed by atoms with Crippen LogP contribution < -0.4 is 5.32 Å². The number of carbonyl (C=O) groups is 1. The molecule has 6 heteroatoms. The van der Waals surface area contributed by atoms with Gasteiger partial charge in [0, 0.05) is 22.8 Å². The number of nitrogens with one attached hydrogen (secondary N) is 1. The van der Waals surface area contributed by atoms with E-state index in [1.54, 1.807) is 6.20 Å². The number of aryl methyl sites for hydroxylation is 2. The summed E-state index contributed by atoms with van der Waals surface area (Å²) in [5, 5.41) is 3.27. The Morgan fingerprint density at radius 3 is 2.52 bits per heavy atom. The lowest BCUT2D eigenvalue weighted by molar-refractivity contribution is 0.101. The topological polar surface area (TPSA) is 42.0 Å². The van der Waals surface area contributed by atoms with Crippen molar-refractivity contribution in [2.75, 3.05) is 5.32 Å². The van der Waals surface area contributed by atoms with Crippen LogP contribution in [0, 0.1) is 11.6 Å². The Morgan fingerprint density at radius 1 is 0.935 bits per heavy atom. The third-order valence-electron chi connectivity index (χ3n) is 5.48. The smallest absolute Gasteiger partial charge is 0.262 e. The number of anilines is 1. The van der Waals surface area contributed by atoms with Crippen molar-refractivity contribution in [2.45, 2.75) is 19.3 Å². The molecule has 3 nitrogen and oxygen atoms in total. The molecule has 0 saturated carbocycles. The summed E-state index contributed by atoms with van der Waals surface area (Å²) in [6.45, 7) is 0. The van der Waals surface area contributed by atoms with Crippen LogP contribution in [-0.4, -0.2) is 10.9 Å². The lowest BCUT2D eigenvalue weighted by Crippen LogP contribution is -2.15. The molecule has 0 bridgehead atoms. The standard InChI is InChI=1S/C25H18F2N2OS/c26-20-7-2-8-21(27)23(20)25(30)29-22-13-17-5-1-4-15-9-10-16(12-19(15)24(17)31-22)18-6-3-11-28-14-18/h2-3,6-14H,1,4-5H2,(H,29,30). The zero-order valence-corrected chi connectivity index (χ0v) is 17.3. The van der Waals surface area contributed by atoms with Crippen LogP contribution in [0.15, 0.2) is 67.0 Å². The van der Waals surface area contributed by atoms with Crippen molar-refractivity contribution in [2.24, 2.45) is 0 Å². The number of aromatic nitrogens is 1. The van der Waals surface area contributed by atoms with Crippen LogP contribution in [0.1, 0.15) is 27.9 Å². The Balaban J connectivity index is 1.52. The van der Waals surface area contributed by atoms with Crippen molar-refractivity contribution in [1.29, 1.82) is 0 Å². The van der Waals surface area contributed by atoms with Crippen molar-refractivity contribution in [3.8, 4) is 21.6 Å². The van der Waals surface area contributed by atoms with Crippen molar-refractivity contribution in [3.63, 3.8) is 0 Å². The molecule has 0 saturated heterocycles. The van der Waals surface area contributed by atoms with Gasteiger partial charge in [-0.15, -0.1) is 11.3 Å². The molecule has 154 valence electrons. The highest BCUT2D eigenvalue weighted by atomic mass is 32.1. The second-order valence-electron chi connectivity index (χ2n) is 7.48. The summed E-state index contributed by atoms with van der Waals surface area (Å²) in [5.74, 6) is -2.53. The van der Waals surface area contributed by atoms with E-state index in [2.05, 4.69) is 28.5 Å². The van der Waals surface area contributed by atoms with E-state index in [1.807, 2.05) is 24.4 Å². The fourth-order valence-corrected chi connectivity index (χ4v) is 5.14. The number of amides is 1. The molecule has 1 N–H and O–H groups in total. The zero-order valence-electron chi connectivity index (χ0n) is 16.5. The fraction of sp³-hybridized carbons (Fsp3) is 0.120. The molecule has 0 aliphatic heterocycles. The predicted molar refractivity (Wildman–Crippen MR) is 119 cm³/mol. The number of thiophene rings is 1. The Labute approximate surface area is 182 Å². The molecule has 2 aromatic heterocycles. The molecule has 1 amide bonds. The summed E-state index contributed by atoms with van der Waals surface area (Å²) in [6.07, 6.45) is 6.44. The van der Waals surface area contributed by atoms with Gasteiger partial charge >= 0.3 is 0 Å². The molecule has 2 aromatic carbocycles. The maximum absolute atomic E-state index is 14.0. The van der Waals surface area contributed by atoms with Crippen LogP contribution in [-0.2, 0) is 12.8 Å². The first kappa shape index (κ1) is 19.6. The van der Waals surface area contributed by atoms with Crippen molar-refractivity contribution < 1.29 is 13.6 Å². The number of nitrogens with zero attached hydrogens (tertiary/aromatic N) is 1. The molecular formula is C25H18F2N2OS. The highest BCUT2D eigenvalue weighted by Crippen LogP contribution is 2.42. The van der Waals surface area contributed by atoms with Gasteiger partial charge in [0.15, 0.2) is 0 Å². The van der Waals surface area contributed by atoms with Gasteiger partial charge in [-0.25, -0.2) is 8.78 Å². The zero-order chi connectivity index (χ0) is 21.4. The molecule has 1 aliphatic rings. The number of hydrogen-bond acceptors (Lipinski definition) is 3. The molecule has 0 atom stereocenters. The first-order valence-electron chi connectivity index (χ1n) is 10.0. The van der Waals surface area contributed by atoms with E-state index in [9.17, 15) is 13.6 Å². The Hall–Kier alpha value is -3.38. The third kappa shape index (κ3) is 3.75. The molecule has 2 heterocycles. The minimum absolute atomic E-state index is 0.564. The summed E-state index contributed by atoms with van der Waals surface area (Å²) in [4.78, 5) is 17.8. The van der Waals surface area contributed by atoms with E-state index in [4.69, 9.17) is 0 Å². The quantitative estimate of drug-likeness (QED) is 0.402. The number of pyridine rings is 1. The number of halogens is 2. The van der Waals surface area contributed by atoms with Crippen LogP contribution in [0.2, 0.25) is 0 Å². The minimum atomic E-state index is -0.873. The predicted octanol–water partition coefficient (Wildman–Crippen LogP) is 6.50. The summed E-state index contributed by atoms with van der Waals surface area (Å²) < 4.78 is 28.0. The van der Waals surface area contributed by atoms with E-state index in [-0.39, 0.29) is 0 Å². The van der Waals surface area contributed by atoms with Crippen LogP contribution >= 0.6 is 11.3 Å². The minimum Gasteiger partial charge on any atom is -0.313 e. The highest BCUT2D eigenvalue weighted by molar-refractivity contribution is 7.19. The van der Waals surface area contributed by atoms with E-state index < -0.39 is 23.1 Å². The van der Waals surface area contributed by atoms with E-state index in [0.717, 1.165) is 58.5 Å². The Morgan fingerprint density at radius 2 is 1.74 bits per heavy atom. The highest BCUT2D eigenvalue weighted by Gasteiger charge is 2.22. The first-order chi connectivity index (χ1) is 15.1. The SMILES string of the molecule is O=C(Nc1cc2c(s1)-c1cc(-c3cccnc3)ccc1CCC2)c1c(F)cccc1F. The lowest BCUT2D eigenvalue weighted by Gasteiger charge is -2.09. The van der Waals surface area contributed by atoms with Crippen LogP contribution in [0.25, 0.3) is 21.6 Å². The van der Waals surface area contributed by atoms with Crippen LogP contribution in [0.3, 0.4) is 0 Å². The molecule has 0 fully saturated rings. The second kappa shape index (κ2) is 8.04. The number of fused-ring (bicyclic) bond motifs is 3. The molecular weight excluding hydrogens is 414 g/mol.